The van der Waals surface area contributed by atoms with Gasteiger partial charge in [-0.2, -0.15) is 0 Å². The van der Waals surface area contributed by atoms with Crippen LogP contribution in [0.1, 0.15) is 31.6 Å². The number of fused-ring (bicyclic) bond motifs is 2. The monoisotopic (exact) mass is 359 g/mol. The summed E-state index contributed by atoms with van der Waals surface area (Å²) >= 11 is 1.27. The van der Waals surface area contributed by atoms with Gasteiger partial charge in [-0.15, -0.1) is 10.2 Å². The van der Waals surface area contributed by atoms with Crippen molar-refractivity contribution in [2.24, 2.45) is 11.8 Å². The first-order chi connectivity index (χ1) is 12.3. The van der Waals surface area contributed by atoms with Gasteiger partial charge in [-0.05, 0) is 43.2 Å². The van der Waals surface area contributed by atoms with E-state index in [4.69, 9.17) is 9.15 Å². The van der Waals surface area contributed by atoms with Gasteiger partial charge in [0.15, 0.2) is 6.61 Å². The van der Waals surface area contributed by atoms with Crippen molar-refractivity contribution in [2.45, 2.75) is 43.6 Å². The first-order valence-corrected chi connectivity index (χ1v) is 9.67. The summed E-state index contributed by atoms with van der Waals surface area (Å²) in [6.07, 6.45) is 5.02. The van der Waals surface area contributed by atoms with Gasteiger partial charge in [-0.1, -0.05) is 36.4 Å². The summed E-state index contributed by atoms with van der Waals surface area (Å²) in [7, 11) is 0. The van der Waals surface area contributed by atoms with Crippen molar-refractivity contribution in [3.05, 3.63) is 36.2 Å². The molecule has 1 amide bonds. The number of nitrogens with one attached hydrogen (secondary N) is 1. The summed E-state index contributed by atoms with van der Waals surface area (Å²) in [5, 5.41) is 11.5. The lowest BCUT2D eigenvalue weighted by Crippen LogP contribution is -2.39. The number of ether oxygens (including phenoxy) is 1. The maximum atomic E-state index is 12.1. The van der Waals surface area contributed by atoms with Crippen LogP contribution in [0.25, 0.3) is 0 Å². The van der Waals surface area contributed by atoms with Gasteiger partial charge in [0.2, 0.25) is 5.91 Å². The molecule has 1 aromatic carbocycles. The largest absolute Gasteiger partial charge is 0.484 e. The van der Waals surface area contributed by atoms with Crippen molar-refractivity contribution in [1.82, 2.24) is 15.5 Å². The molecule has 1 heterocycles. The van der Waals surface area contributed by atoms with E-state index in [0.717, 1.165) is 18.1 Å². The van der Waals surface area contributed by atoms with Crippen LogP contribution in [0.3, 0.4) is 0 Å². The van der Waals surface area contributed by atoms with Crippen LogP contribution >= 0.6 is 11.8 Å². The lowest BCUT2D eigenvalue weighted by molar-refractivity contribution is -0.119. The van der Waals surface area contributed by atoms with Crippen LogP contribution in [0.15, 0.2) is 40.0 Å². The maximum absolute atomic E-state index is 12.1. The SMILES string of the molecule is O=C(CSc1nnc(COc2ccccc2)o1)N[C@H]1C[C@@H]2CC[C@H]1C2. The number of thioether (sulfide) groups is 1. The molecule has 132 valence electrons. The lowest BCUT2D eigenvalue weighted by Gasteiger charge is -2.22. The highest BCUT2D eigenvalue weighted by Crippen LogP contribution is 2.44. The number of benzene rings is 1. The van der Waals surface area contributed by atoms with Gasteiger partial charge < -0.3 is 14.5 Å². The highest BCUT2D eigenvalue weighted by Gasteiger charge is 2.40. The van der Waals surface area contributed by atoms with Crippen LogP contribution in [-0.2, 0) is 11.4 Å². The molecular formula is C18H21N3O3S. The minimum absolute atomic E-state index is 0.0443. The number of para-hydroxylation sites is 1. The van der Waals surface area contributed by atoms with Crippen molar-refractivity contribution >= 4 is 17.7 Å². The number of hydrogen-bond donors (Lipinski definition) is 1. The fraction of sp³-hybridized carbons (Fsp3) is 0.500. The molecule has 2 saturated carbocycles. The first kappa shape index (κ1) is 16.4. The first-order valence-electron chi connectivity index (χ1n) is 8.68. The topological polar surface area (TPSA) is 77.2 Å². The van der Waals surface area contributed by atoms with Crippen LogP contribution in [0.5, 0.6) is 5.75 Å². The molecule has 0 spiro atoms. The average molecular weight is 359 g/mol. The predicted octanol–water partition coefficient (Wildman–Crippen LogP) is 3.05. The number of aromatic nitrogens is 2. The molecule has 25 heavy (non-hydrogen) atoms. The molecular weight excluding hydrogens is 338 g/mol. The van der Waals surface area contributed by atoms with Crippen molar-refractivity contribution < 1.29 is 13.9 Å². The van der Waals surface area contributed by atoms with Crippen LogP contribution in [0, 0.1) is 11.8 Å². The minimum atomic E-state index is 0.0443. The Morgan fingerprint density at radius 1 is 1.24 bits per heavy atom. The summed E-state index contributed by atoms with van der Waals surface area (Å²) in [6, 6.07) is 9.83. The van der Waals surface area contributed by atoms with E-state index in [1.807, 2.05) is 30.3 Å². The fourth-order valence-corrected chi connectivity index (χ4v) is 4.41. The summed E-state index contributed by atoms with van der Waals surface area (Å²) in [4.78, 5) is 12.1. The van der Waals surface area contributed by atoms with E-state index in [0.29, 0.717) is 28.8 Å². The van der Waals surface area contributed by atoms with Gasteiger partial charge >= 0.3 is 0 Å². The third-order valence-corrected chi connectivity index (χ3v) is 5.78. The second-order valence-corrected chi connectivity index (χ2v) is 7.63. The molecule has 2 aliphatic carbocycles. The molecule has 7 heteroatoms. The Bertz CT molecular complexity index is 721. The van der Waals surface area contributed by atoms with Gasteiger partial charge in [-0.3, -0.25) is 4.79 Å². The average Bonchev–Trinajstić information content (AvgIpc) is 3.36. The molecule has 6 nitrogen and oxygen atoms in total. The van der Waals surface area contributed by atoms with E-state index < -0.39 is 0 Å². The Balaban J connectivity index is 1.21. The second kappa shape index (κ2) is 7.47. The Morgan fingerprint density at radius 2 is 2.12 bits per heavy atom. The van der Waals surface area contributed by atoms with Crippen molar-refractivity contribution in [1.29, 1.82) is 0 Å². The highest BCUT2D eigenvalue weighted by atomic mass is 32.2. The number of rotatable bonds is 7. The Kier molecular flexibility index (Phi) is 4.92. The number of carbonyl (C=O) groups is 1. The second-order valence-electron chi connectivity index (χ2n) is 6.70. The Hall–Kier alpha value is -2.02. The van der Waals surface area contributed by atoms with Crippen molar-refractivity contribution in [3.8, 4) is 5.75 Å². The van der Waals surface area contributed by atoms with E-state index >= 15 is 0 Å². The zero-order valence-corrected chi connectivity index (χ0v) is 14.7. The molecule has 4 rings (SSSR count). The van der Waals surface area contributed by atoms with Crippen LogP contribution in [-0.4, -0.2) is 27.9 Å². The summed E-state index contributed by atoms with van der Waals surface area (Å²) in [6.45, 7) is 0.217. The number of amides is 1. The zero-order chi connectivity index (χ0) is 17.1. The number of hydrogen-bond acceptors (Lipinski definition) is 6. The normalized spacial score (nSPS) is 24.4. The molecule has 0 radical (unpaired) electrons. The smallest absolute Gasteiger partial charge is 0.277 e. The number of carbonyl (C=O) groups excluding carboxylic acids is 1. The quantitative estimate of drug-likeness (QED) is 0.766. The highest BCUT2D eigenvalue weighted by molar-refractivity contribution is 7.99. The predicted molar refractivity (Wildman–Crippen MR) is 93.2 cm³/mol. The third kappa shape index (κ3) is 4.15. The van der Waals surface area contributed by atoms with Crippen LogP contribution in [0.2, 0.25) is 0 Å². The van der Waals surface area contributed by atoms with Gasteiger partial charge in [-0.25, -0.2) is 0 Å². The van der Waals surface area contributed by atoms with Gasteiger partial charge in [0.05, 0.1) is 5.75 Å². The van der Waals surface area contributed by atoms with Crippen molar-refractivity contribution in [2.75, 3.05) is 5.75 Å². The molecule has 3 atom stereocenters. The van der Waals surface area contributed by atoms with E-state index in [-0.39, 0.29) is 12.5 Å². The fourth-order valence-electron chi connectivity index (χ4n) is 3.81. The molecule has 2 aliphatic rings. The molecule has 2 aromatic rings. The van der Waals surface area contributed by atoms with Crippen LogP contribution < -0.4 is 10.1 Å². The third-order valence-electron chi connectivity index (χ3n) is 4.97. The Morgan fingerprint density at radius 3 is 2.88 bits per heavy atom. The van der Waals surface area contributed by atoms with E-state index in [9.17, 15) is 4.79 Å². The molecule has 1 N–H and O–H groups in total. The lowest BCUT2D eigenvalue weighted by atomic mass is 9.95. The van der Waals surface area contributed by atoms with Crippen LogP contribution in [0.4, 0.5) is 0 Å². The molecule has 0 aliphatic heterocycles. The van der Waals surface area contributed by atoms with E-state index in [2.05, 4.69) is 15.5 Å². The van der Waals surface area contributed by atoms with E-state index in [1.54, 1.807) is 0 Å². The standard InChI is InChI=1S/C18H21N3O3S/c22-16(19-15-9-12-6-7-13(15)8-12)11-25-18-21-20-17(24-18)10-23-14-4-2-1-3-5-14/h1-5,12-13,15H,6-11H2,(H,19,22)/t12-,13+,15+/m1/s1. The van der Waals surface area contributed by atoms with Gasteiger partial charge in [0.1, 0.15) is 5.75 Å². The molecule has 2 bridgehead atoms. The number of nitrogens with zero attached hydrogens (tertiary/aromatic N) is 2. The van der Waals surface area contributed by atoms with Gasteiger partial charge in [0.25, 0.3) is 11.1 Å². The maximum Gasteiger partial charge on any atom is 0.277 e. The summed E-state index contributed by atoms with van der Waals surface area (Å²) in [5.74, 6) is 3.01. The molecule has 2 fully saturated rings. The van der Waals surface area contributed by atoms with E-state index in [1.165, 1.54) is 31.0 Å². The van der Waals surface area contributed by atoms with Gasteiger partial charge in [0, 0.05) is 6.04 Å². The molecule has 1 aromatic heterocycles. The molecule has 0 saturated heterocycles. The summed E-state index contributed by atoms with van der Waals surface area (Å²) in [5.41, 5.74) is 0. The zero-order valence-electron chi connectivity index (χ0n) is 13.9. The minimum Gasteiger partial charge on any atom is -0.484 e. The summed E-state index contributed by atoms with van der Waals surface area (Å²) < 4.78 is 11.1. The Labute approximate surface area is 150 Å². The van der Waals surface area contributed by atoms with Crippen molar-refractivity contribution in [3.63, 3.8) is 0 Å². The molecule has 0 unspecified atom stereocenters.